The summed E-state index contributed by atoms with van der Waals surface area (Å²) in [7, 11) is 1.45. The van der Waals surface area contributed by atoms with Gasteiger partial charge in [0, 0.05) is 19.9 Å². The number of nitrogens with zero attached hydrogens (tertiary/aromatic N) is 2. The normalized spacial score (nSPS) is 17.3. The predicted molar refractivity (Wildman–Crippen MR) is 70.7 cm³/mol. The second kappa shape index (κ2) is 4.76. The maximum Gasteiger partial charge on any atom is 0.363 e. The molecule has 0 aromatic heterocycles. The van der Waals surface area contributed by atoms with Crippen molar-refractivity contribution in [2.45, 2.75) is 12.8 Å². The maximum atomic E-state index is 12.0. The summed E-state index contributed by atoms with van der Waals surface area (Å²) in [5.41, 5.74) is 0.448. The molecule has 0 atom stereocenters. The van der Waals surface area contributed by atoms with Crippen LogP contribution in [-0.4, -0.2) is 41.6 Å². The fraction of sp³-hybridized carbons (Fsp3) is 0.214. The summed E-state index contributed by atoms with van der Waals surface area (Å²) < 4.78 is 0. The van der Waals surface area contributed by atoms with Crippen molar-refractivity contribution >= 4 is 35.2 Å². The Balaban J connectivity index is 1.86. The second-order valence-corrected chi connectivity index (χ2v) is 4.89. The van der Waals surface area contributed by atoms with Crippen LogP contribution in [0, 0.1) is 0 Å². The number of rotatable bonds is 2. The molecule has 1 aromatic rings. The van der Waals surface area contributed by atoms with E-state index in [-0.39, 0.29) is 24.0 Å². The number of hydrogen-bond donors (Lipinski definition) is 0. The summed E-state index contributed by atoms with van der Waals surface area (Å²) in [6, 6.07) is 4.00. The number of carbonyl (C=O) groups is 5. The van der Waals surface area contributed by atoms with E-state index >= 15 is 0 Å². The standard InChI is InChI=1S/C14H10N2O6/c1-15-9-3-2-7(6-8(9)12(19)13(15)20)14(21)22-16-10(17)4-5-11(16)18/h2-3,6H,4-5H2,1H3. The number of hydroxylamine groups is 2. The molecule has 0 radical (unpaired) electrons. The van der Waals surface area contributed by atoms with Gasteiger partial charge in [0.2, 0.25) is 0 Å². The van der Waals surface area contributed by atoms with Crippen LogP contribution in [0.25, 0.3) is 0 Å². The number of fused-ring (bicyclic) bond motifs is 1. The number of likely N-dealkylation sites (N-methyl/N-ethyl adjacent to an activating group) is 1. The highest BCUT2D eigenvalue weighted by molar-refractivity contribution is 6.52. The zero-order valence-electron chi connectivity index (χ0n) is 11.5. The van der Waals surface area contributed by atoms with Gasteiger partial charge < -0.3 is 9.74 Å². The largest absolute Gasteiger partial charge is 0.363 e. The van der Waals surface area contributed by atoms with Gasteiger partial charge in [-0.25, -0.2) is 4.79 Å². The topological polar surface area (TPSA) is 101 Å². The van der Waals surface area contributed by atoms with Crippen LogP contribution in [0.3, 0.4) is 0 Å². The van der Waals surface area contributed by atoms with Crippen molar-refractivity contribution in [3.05, 3.63) is 29.3 Å². The molecule has 3 amide bonds. The lowest BCUT2D eigenvalue weighted by molar-refractivity contribution is -0.172. The molecule has 0 N–H and O–H groups in total. The Morgan fingerprint density at radius 1 is 1.09 bits per heavy atom. The van der Waals surface area contributed by atoms with Crippen LogP contribution >= 0.6 is 0 Å². The number of hydrogen-bond acceptors (Lipinski definition) is 6. The summed E-state index contributed by atoms with van der Waals surface area (Å²) in [5.74, 6) is -3.54. The quantitative estimate of drug-likeness (QED) is 0.566. The number of ketones is 1. The Morgan fingerprint density at radius 2 is 1.73 bits per heavy atom. The first kappa shape index (κ1) is 13.9. The molecule has 8 nitrogen and oxygen atoms in total. The molecule has 0 aliphatic carbocycles. The molecule has 112 valence electrons. The first-order valence-corrected chi connectivity index (χ1v) is 6.44. The summed E-state index contributed by atoms with van der Waals surface area (Å²) in [6.07, 6.45) is -0.0117. The predicted octanol–water partition coefficient (Wildman–Crippen LogP) is 0.0665. The lowest BCUT2D eigenvalue weighted by atomic mass is 10.1. The van der Waals surface area contributed by atoms with Gasteiger partial charge >= 0.3 is 5.97 Å². The lowest BCUT2D eigenvalue weighted by Gasteiger charge is -2.13. The van der Waals surface area contributed by atoms with Crippen molar-refractivity contribution in [1.29, 1.82) is 0 Å². The minimum atomic E-state index is -0.943. The molecule has 2 aliphatic heterocycles. The molecule has 2 heterocycles. The van der Waals surface area contributed by atoms with Crippen LogP contribution in [0.1, 0.15) is 33.6 Å². The Kier molecular flexibility index (Phi) is 3.01. The van der Waals surface area contributed by atoms with E-state index < -0.39 is 29.5 Å². The maximum absolute atomic E-state index is 12.0. The van der Waals surface area contributed by atoms with Crippen LogP contribution in [0.15, 0.2) is 18.2 Å². The van der Waals surface area contributed by atoms with E-state index in [4.69, 9.17) is 4.84 Å². The molecule has 0 unspecified atom stereocenters. The van der Waals surface area contributed by atoms with Gasteiger partial charge in [0.25, 0.3) is 23.5 Å². The number of Topliss-reactive ketones (excluding diaryl/α,β-unsaturated/α-hetero) is 1. The molecule has 22 heavy (non-hydrogen) atoms. The molecule has 0 spiro atoms. The van der Waals surface area contributed by atoms with E-state index in [0.717, 1.165) is 0 Å². The minimum absolute atomic E-state index is 0.00587. The van der Waals surface area contributed by atoms with Gasteiger partial charge in [-0.15, -0.1) is 5.06 Å². The molecular formula is C14H10N2O6. The smallest absolute Gasteiger partial charge is 0.325 e. The summed E-state index contributed by atoms with van der Waals surface area (Å²) in [5, 5.41) is 0.425. The van der Waals surface area contributed by atoms with Crippen molar-refractivity contribution in [2.24, 2.45) is 0 Å². The second-order valence-electron chi connectivity index (χ2n) is 4.89. The molecular weight excluding hydrogens is 292 g/mol. The van der Waals surface area contributed by atoms with Crippen molar-refractivity contribution in [1.82, 2.24) is 5.06 Å². The number of carbonyl (C=O) groups excluding carboxylic acids is 5. The first-order chi connectivity index (χ1) is 10.4. The van der Waals surface area contributed by atoms with E-state index in [2.05, 4.69) is 0 Å². The Hall–Kier alpha value is -3.03. The number of imide groups is 1. The monoisotopic (exact) mass is 302 g/mol. The number of anilines is 1. The molecule has 0 saturated carbocycles. The average molecular weight is 302 g/mol. The van der Waals surface area contributed by atoms with E-state index in [1.165, 1.54) is 30.1 Å². The zero-order valence-corrected chi connectivity index (χ0v) is 11.5. The van der Waals surface area contributed by atoms with Crippen LogP contribution < -0.4 is 4.90 Å². The van der Waals surface area contributed by atoms with Gasteiger partial charge in [-0.3, -0.25) is 19.2 Å². The van der Waals surface area contributed by atoms with E-state index in [9.17, 15) is 24.0 Å². The van der Waals surface area contributed by atoms with Gasteiger partial charge in [0.15, 0.2) is 0 Å². The summed E-state index contributed by atoms with van der Waals surface area (Å²) >= 11 is 0. The minimum Gasteiger partial charge on any atom is -0.325 e. The zero-order chi connectivity index (χ0) is 16.0. The Bertz CT molecular complexity index is 738. The molecule has 0 bridgehead atoms. The lowest BCUT2D eigenvalue weighted by Crippen LogP contribution is -2.32. The highest BCUT2D eigenvalue weighted by Crippen LogP contribution is 2.28. The van der Waals surface area contributed by atoms with Crippen molar-refractivity contribution < 1.29 is 28.8 Å². The molecule has 1 aromatic carbocycles. The molecule has 1 fully saturated rings. The van der Waals surface area contributed by atoms with Gasteiger partial charge in [-0.2, -0.15) is 0 Å². The van der Waals surface area contributed by atoms with Gasteiger partial charge in [0.05, 0.1) is 16.8 Å². The Morgan fingerprint density at radius 3 is 2.36 bits per heavy atom. The van der Waals surface area contributed by atoms with Crippen LogP contribution in [0.4, 0.5) is 5.69 Å². The van der Waals surface area contributed by atoms with Crippen LogP contribution in [0.2, 0.25) is 0 Å². The highest BCUT2D eigenvalue weighted by atomic mass is 16.7. The molecule has 1 saturated heterocycles. The fourth-order valence-corrected chi connectivity index (χ4v) is 2.31. The molecule has 8 heteroatoms. The SMILES string of the molecule is CN1C(=O)C(=O)c2cc(C(=O)ON3C(=O)CCC3=O)ccc21. The third kappa shape index (κ3) is 1.96. The van der Waals surface area contributed by atoms with Gasteiger partial charge in [-0.1, -0.05) is 0 Å². The molecule has 2 aliphatic rings. The third-order valence-electron chi connectivity index (χ3n) is 3.52. The van der Waals surface area contributed by atoms with E-state index in [0.29, 0.717) is 10.8 Å². The average Bonchev–Trinajstić information content (AvgIpc) is 2.93. The van der Waals surface area contributed by atoms with E-state index in [1.807, 2.05) is 0 Å². The number of benzene rings is 1. The van der Waals surface area contributed by atoms with Crippen molar-refractivity contribution in [3.8, 4) is 0 Å². The summed E-state index contributed by atoms with van der Waals surface area (Å²) in [4.78, 5) is 64.1. The first-order valence-electron chi connectivity index (χ1n) is 6.44. The fourth-order valence-electron chi connectivity index (χ4n) is 2.31. The highest BCUT2D eigenvalue weighted by Gasteiger charge is 2.36. The van der Waals surface area contributed by atoms with E-state index in [1.54, 1.807) is 0 Å². The van der Waals surface area contributed by atoms with Crippen LogP contribution in [0.5, 0.6) is 0 Å². The van der Waals surface area contributed by atoms with Gasteiger partial charge in [0.1, 0.15) is 0 Å². The third-order valence-corrected chi connectivity index (χ3v) is 3.52. The Labute approximate surface area is 124 Å². The number of amides is 3. The van der Waals surface area contributed by atoms with Crippen molar-refractivity contribution in [3.63, 3.8) is 0 Å². The molecule has 3 rings (SSSR count). The van der Waals surface area contributed by atoms with Gasteiger partial charge in [-0.05, 0) is 18.2 Å². The van der Waals surface area contributed by atoms with Crippen LogP contribution in [-0.2, 0) is 19.2 Å². The summed E-state index contributed by atoms with van der Waals surface area (Å²) in [6.45, 7) is 0. The van der Waals surface area contributed by atoms with Crippen molar-refractivity contribution in [2.75, 3.05) is 11.9 Å².